The molecule has 7 rings (SSSR count). The number of piperidine rings is 1. The molecule has 35 heavy (non-hydrogen) atoms. The SMILES string of the molecule is N[C@@H]1c2ccccc2CC12CCN(c1nc3ncc(Sc4cccc5[nH]c(=O)oc45)nc3[nH]1)CC2. The molecule has 10 heteroatoms. The predicted octanol–water partition coefficient (Wildman–Crippen LogP) is 3.78. The molecule has 4 N–H and O–H groups in total. The second-order valence-corrected chi connectivity index (χ2v) is 10.5. The largest absolute Gasteiger partial charge is 0.417 e. The maximum absolute atomic E-state index is 11.6. The van der Waals surface area contributed by atoms with E-state index in [2.05, 4.69) is 44.1 Å². The van der Waals surface area contributed by atoms with Crippen LogP contribution in [-0.2, 0) is 6.42 Å². The summed E-state index contributed by atoms with van der Waals surface area (Å²) in [5.41, 5.74) is 11.9. The monoisotopic (exact) mass is 485 g/mol. The number of aromatic amines is 2. The van der Waals surface area contributed by atoms with Crippen LogP contribution in [0.15, 0.2) is 67.8 Å². The second kappa shape index (κ2) is 7.69. The van der Waals surface area contributed by atoms with Crippen LogP contribution in [0.3, 0.4) is 0 Å². The smallest absolute Gasteiger partial charge is 0.407 e. The van der Waals surface area contributed by atoms with E-state index in [0.717, 1.165) is 43.2 Å². The fourth-order valence-electron chi connectivity index (χ4n) is 5.58. The van der Waals surface area contributed by atoms with Crippen molar-refractivity contribution in [2.24, 2.45) is 11.1 Å². The van der Waals surface area contributed by atoms with Crippen molar-refractivity contribution in [2.45, 2.75) is 35.2 Å². The molecule has 9 nitrogen and oxygen atoms in total. The van der Waals surface area contributed by atoms with Gasteiger partial charge >= 0.3 is 5.76 Å². The summed E-state index contributed by atoms with van der Waals surface area (Å²) in [6, 6.07) is 14.2. The topological polar surface area (TPSA) is 130 Å². The van der Waals surface area contributed by atoms with Gasteiger partial charge in [0.05, 0.1) is 16.6 Å². The van der Waals surface area contributed by atoms with E-state index >= 15 is 0 Å². The van der Waals surface area contributed by atoms with E-state index < -0.39 is 5.76 Å². The lowest BCUT2D eigenvalue weighted by molar-refractivity contribution is 0.187. The standard InChI is InChI=1S/C25H23N7O2S/c26-20-15-5-2-1-4-14(15)12-25(20)8-10-32(11-9-25)23-30-21-22(31-23)29-18(13-27-21)35-17-7-3-6-16-19(17)34-24(33)28-16/h1-7,13,20H,8-12,26H2,(H,28,33)(H,27,29,30,31)/t20-/m1/s1. The molecular formula is C25H23N7O2S. The molecule has 5 aromatic rings. The van der Waals surface area contributed by atoms with Crippen molar-refractivity contribution in [1.82, 2.24) is 24.9 Å². The first-order valence-corrected chi connectivity index (χ1v) is 12.5. The molecule has 1 fully saturated rings. The zero-order valence-corrected chi connectivity index (χ0v) is 19.6. The molecule has 1 atom stereocenters. The molecule has 3 aromatic heterocycles. The van der Waals surface area contributed by atoms with E-state index in [-0.39, 0.29) is 11.5 Å². The maximum Gasteiger partial charge on any atom is 0.417 e. The van der Waals surface area contributed by atoms with Crippen LogP contribution in [0, 0.1) is 5.41 Å². The van der Waals surface area contributed by atoms with Gasteiger partial charge in [0.2, 0.25) is 5.95 Å². The highest BCUT2D eigenvalue weighted by Crippen LogP contribution is 2.50. The Labute approximate surface area is 204 Å². The number of hydrogen-bond donors (Lipinski definition) is 3. The molecule has 0 saturated carbocycles. The van der Waals surface area contributed by atoms with E-state index in [9.17, 15) is 4.79 Å². The van der Waals surface area contributed by atoms with Gasteiger partial charge in [-0.3, -0.25) is 4.98 Å². The summed E-state index contributed by atoms with van der Waals surface area (Å²) in [5, 5.41) is 0.691. The Bertz CT molecular complexity index is 1630. The van der Waals surface area contributed by atoms with Crippen molar-refractivity contribution in [3.8, 4) is 0 Å². The molecular weight excluding hydrogens is 462 g/mol. The van der Waals surface area contributed by atoms with Gasteiger partial charge in [0.1, 0.15) is 5.03 Å². The lowest BCUT2D eigenvalue weighted by Gasteiger charge is -2.42. The molecule has 0 unspecified atom stereocenters. The van der Waals surface area contributed by atoms with Gasteiger partial charge in [-0.2, -0.15) is 4.98 Å². The quantitative estimate of drug-likeness (QED) is 0.352. The highest BCUT2D eigenvalue weighted by atomic mass is 32.2. The van der Waals surface area contributed by atoms with Crippen LogP contribution < -0.4 is 16.4 Å². The van der Waals surface area contributed by atoms with Crippen molar-refractivity contribution in [2.75, 3.05) is 18.0 Å². The fraction of sp³-hybridized carbons (Fsp3) is 0.280. The van der Waals surface area contributed by atoms with Crippen molar-refractivity contribution in [1.29, 1.82) is 0 Å². The molecule has 1 aliphatic carbocycles. The number of aromatic nitrogens is 5. The van der Waals surface area contributed by atoms with Gasteiger partial charge in [-0.05, 0) is 47.9 Å². The Hall–Kier alpha value is -3.63. The average molecular weight is 486 g/mol. The van der Waals surface area contributed by atoms with Gasteiger partial charge in [-0.25, -0.2) is 14.8 Å². The zero-order valence-electron chi connectivity index (χ0n) is 18.8. The zero-order chi connectivity index (χ0) is 23.6. The van der Waals surface area contributed by atoms with Gasteiger partial charge in [-0.1, -0.05) is 42.1 Å². The van der Waals surface area contributed by atoms with Crippen molar-refractivity contribution in [3.63, 3.8) is 0 Å². The van der Waals surface area contributed by atoms with Gasteiger partial charge in [-0.15, -0.1) is 0 Å². The molecule has 0 radical (unpaired) electrons. The van der Waals surface area contributed by atoms with Crippen LogP contribution in [0.2, 0.25) is 0 Å². The van der Waals surface area contributed by atoms with E-state index in [1.807, 2.05) is 12.1 Å². The summed E-state index contributed by atoms with van der Waals surface area (Å²) in [5.74, 6) is 0.318. The first kappa shape index (κ1) is 20.7. The number of rotatable bonds is 3. The normalized spacial score (nSPS) is 19.1. The number of nitrogens with zero attached hydrogens (tertiary/aromatic N) is 4. The molecule has 1 saturated heterocycles. The summed E-state index contributed by atoms with van der Waals surface area (Å²) < 4.78 is 5.29. The van der Waals surface area contributed by atoms with Crippen molar-refractivity contribution < 1.29 is 4.42 Å². The maximum atomic E-state index is 11.6. The first-order chi connectivity index (χ1) is 17.1. The number of nitrogens with two attached hydrogens (primary N) is 1. The molecule has 4 heterocycles. The summed E-state index contributed by atoms with van der Waals surface area (Å²) in [4.78, 5) is 34.6. The van der Waals surface area contributed by atoms with Gasteiger partial charge < -0.3 is 20.0 Å². The predicted molar refractivity (Wildman–Crippen MR) is 134 cm³/mol. The Balaban J connectivity index is 1.11. The molecule has 176 valence electrons. The summed E-state index contributed by atoms with van der Waals surface area (Å²) >= 11 is 1.40. The van der Waals surface area contributed by atoms with Gasteiger partial charge in [0, 0.05) is 19.1 Å². The number of hydrogen-bond acceptors (Lipinski definition) is 8. The third-order valence-corrected chi connectivity index (χ3v) is 8.40. The Morgan fingerprint density at radius 3 is 2.80 bits per heavy atom. The number of H-pyrrole nitrogens is 2. The van der Waals surface area contributed by atoms with E-state index in [4.69, 9.17) is 20.1 Å². The lowest BCUT2D eigenvalue weighted by atomic mass is 9.73. The molecule has 2 aliphatic rings. The Morgan fingerprint density at radius 1 is 1.09 bits per heavy atom. The summed E-state index contributed by atoms with van der Waals surface area (Å²) in [6.07, 6.45) is 4.79. The molecule has 0 amide bonds. The lowest BCUT2D eigenvalue weighted by Crippen LogP contribution is -2.44. The summed E-state index contributed by atoms with van der Waals surface area (Å²) in [6.45, 7) is 1.77. The number of benzene rings is 2. The second-order valence-electron chi connectivity index (χ2n) is 9.39. The fourth-order valence-corrected chi connectivity index (χ4v) is 6.43. The minimum atomic E-state index is -0.474. The average Bonchev–Trinajstić information content (AvgIpc) is 3.54. The molecule has 1 spiro atoms. The highest BCUT2D eigenvalue weighted by Gasteiger charge is 2.46. The van der Waals surface area contributed by atoms with Gasteiger partial charge in [0.25, 0.3) is 0 Å². The number of para-hydroxylation sites is 1. The van der Waals surface area contributed by atoms with Crippen LogP contribution in [-0.4, -0.2) is 38.0 Å². The van der Waals surface area contributed by atoms with Crippen LogP contribution in [0.1, 0.15) is 30.0 Å². The highest BCUT2D eigenvalue weighted by molar-refractivity contribution is 7.99. The molecule has 1 aliphatic heterocycles. The Morgan fingerprint density at radius 2 is 1.94 bits per heavy atom. The van der Waals surface area contributed by atoms with Crippen molar-refractivity contribution in [3.05, 3.63) is 70.3 Å². The molecule has 2 aromatic carbocycles. The first-order valence-electron chi connectivity index (χ1n) is 11.7. The minimum Gasteiger partial charge on any atom is -0.407 e. The number of imidazole rings is 1. The third kappa shape index (κ3) is 3.35. The van der Waals surface area contributed by atoms with Crippen LogP contribution >= 0.6 is 11.8 Å². The molecule has 0 bridgehead atoms. The third-order valence-electron chi connectivity index (χ3n) is 7.45. The van der Waals surface area contributed by atoms with Gasteiger partial charge in [0.15, 0.2) is 16.9 Å². The number of anilines is 1. The number of nitrogens with one attached hydrogen (secondary N) is 2. The van der Waals surface area contributed by atoms with Crippen LogP contribution in [0.4, 0.5) is 5.95 Å². The minimum absolute atomic E-state index is 0.0911. The van der Waals surface area contributed by atoms with Crippen molar-refractivity contribution >= 4 is 40.1 Å². The number of fused-ring (bicyclic) bond motifs is 3. The Kier molecular flexibility index (Phi) is 4.55. The van der Waals surface area contributed by atoms with Crippen LogP contribution in [0.5, 0.6) is 0 Å². The number of oxazole rings is 1. The van der Waals surface area contributed by atoms with E-state index in [1.54, 1.807) is 12.3 Å². The summed E-state index contributed by atoms with van der Waals surface area (Å²) in [7, 11) is 0. The van der Waals surface area contributed by atoms with E-state index in [0.29, 0.717) is 27.4 Å². The van der Waals surface area contributed by atoms with Crippen LogP contribution in [0.25, 0.3) is 22.4 Å². The van der Waals surface area contributed by atoms with E-state index in [1.165, 1.54) is 22.9 Å².